The van der Waals surface area contributed by atoms with E-state index < -0.39 is 0 Å². The molecule has 1 aromatic rings. The number of esters is 1. The number of nitrogens with one attached hydrogen (secondary N) is 1. The summed E-state index contributed by atoms with van der Waals surface area (Å²) in [6.07, 6.45) is 3.94. The van der Waals surface area contributed by atoms with Crippen LogP contribution in [0.3, 0.4) is 0 Å². The molecule has 1 N–H and O–H groups in total. The highest BCUT2D eigenvalue weighted by molar-refractivity contribution is 5.69. The van der Waals surface area contributed by atoms with E-state index in [-0.39, 0.29) is 5.97 Å². The molecule has 0 amide bonds. The lowest BCUT2D eigenvalue weighted by Gasteiger charge is -2.17. The van der Waals surface area contributed by atoms with E-state index in [1.165, 1.54) is 37.2 Å². The van der Waals surface area contributed by atoms with Gasteiger partial charge in [0.15, 0.2) is 0 Å². The fourth-order valence-corrected chi connectivity index (χ4v) is 2.62. The Bertz CT molecular complexity index is 425. The summed E-state index contributed by atoms with van der Waals surface area (Å²) in [5, 5.41) is 3.37. The number of hydrogen-bond acceptors (Lipinski definition) is 4. The molecule has 4 nitrogen and oxygen atoms in total. The van der Waals surface area contributed by atoms with Crippen LogP contribution in [0, 0.1) is 0 Å². The zero-order valence-corrected chi connectivity index (χ0v) is 12.9. The Morgan fingerprint density at radius 1 is 1.24 bits per heavy atom. The molecule has 0 aliphatic carbocycles. The van der Waals surface area contributed by atoms with Crippen molar-refractivity contribution in [1.29, 1.82) is 0 Å². The first-order valence-electron chi connectivity index (χ1n) is 8.00. The van der Waals surface area contributed by atoms with Gasteiger partial charge in [-0.3, -0.25) is 4.79 Å². The number of carbonyl (C=O) groups is 1. The zero-order chi connectivity index (χ0) is 14.9. The highest BCUT2D eigenvalue weighted by Crippen LogP contribution is 2.20. The lowest BCUT2D eigenvalue weighted by atomic mass is 10.2. The second-order valence-corrected chi connectivity index (χ2v) is 5.45. The molecular formula is C17H26N2O2. The summed E-state index contributed by atoms with van der Waals surface area (Å²) in [7, 11) is 0. The quantitative estimate of drug-likeness (QED) is 0.590. The Balaban J connectivity index is 1.63. The number of hydrogen-bond donors (Lipinski definition) is 1. The van der Waals surface area contributed by atoms with Gasteiger partial charge in [0.1, 0.15) is 0 Å². The van der Waals surface area contributed by atoms with Crippen LogP contribution in [-0.2, 0) is 16.1 Å². The van der Waals surface area contributed by atoms with Crippen LogP contribution in [0.4, 0.5) is 5.69 Å². The van der Waals surface area contributed by atoms with E-state index in [4.69, 9.17) is 4.74 Å². The van der Waals surface area contributed by atoms with Gasteiger partial charge < -0.3 is 15.0 Å². The molecule has 0 spiro atoms. The number of benzene rings is 1. The first-order valence-corrected chi connectivity index (χ1v) is 8.00. The van der Waals surface area contributed by atoms with Crippen molar-refractivity contribution in [2.45, 2.75) is 39.2 Å². The topological polar surface area (TPSA) is 41.6 Å². The van der Waals surface area contributed by atoms with E-state index in [9.17, 15) is 4.79 Å². The number of carbonyl (C=O) groups excluding carboxylic acids is 1. The number of nitrogens with zero attached hydrogens (tertiary/aromatic N) is 1. The van der Waals surface area contributed by atoms with Crippen molar-refractivity contribution in [3.05, 3.63) is 29.8 Å². The van der Waals surface area contributed by atoms with Gasteiger partial charge in [-0.2, -0.15) is 0 Å². The van der Waals surface area contributed by atoms with Crippen LogP contribution in [-0.4, -0.2) is 32.2 Å². The normalized spacial score (nSPS) is 14.4. The molecule has 0 unspecified atom stereocenters. The van der Waals surface area contributed by atoms with Crippen molar-refractivity contribution in [3.8, 4) is 0 Å². The SMILES string of the molecule is CCOC(=O)CCCNCc1ccc(N2CCCC2)cc1. The molecule has 0 aromatic heterocycles. The molecule has 1 fully saturated rings. The van der Waals surface area contributed by atoms with Crippen molar-refractivity contribution in [3.63, 3.8) is 0 Å². The van der Waals surface area contributed by atoms with Gasteiger partial charge in [-0.05, 0) is 50.4 Å². The molecule has 116 valence electrons. The van der Waals surface area contributed by atoms with Crippen molar-refractivity contribution < 1.29 is 9.53 Å². The van der Waals surface area contributed by atoms with Crippen LogP contribution in [0.5, 0.6) is 0 Å². The molecule has 1 heterocycles. The van der Waals surface area contributed by atoms with Gasteiger partial charge in [0, 0.05) is 31.7 Å². The van der Waals surface area contributed by atoms with Crippen LogP contribution in [0.2, 0.25) is 0 Å². The van der Waals surface area contributed by atoms with E-state index >= 15 is 0 Å². The summed E-state index contributed by atoms with van der Waals surface area (Å²) in [6, 6.07) is 8.79. The highest BCUT2D eigenvalue weighted by Gasteiger charge is 2.11. The van der Waals surface area contributed by atoms with Crippen molar-refractivity contribution in [1.82, 2.24) is 5.32 Å². The maximum atomic E-state index is 11.2. The standard InChI is InChI=1S/C17H26N2O2/c1-2-21-17(20)6-5-11-18-14-15-7-9-16(10-8-15)19-12-3-4-13-19/h7-10,18H,2-6,11-14H2,1H3. The van der Waals surface area contributed by atoms with Gasteiger partial charge >= 0.3 is 5.97 Å². The van der Waals surface area contributed by atoms with Crippen LogP contribution >= 0.6 is 0 Å². The number of ether oxygens (including phenoxy) is 1. The van der Waals surface area contributed by atoms with E-state index in [1.54, 1.807) is 0 Å². The van der Waals surface area contributed by atoms with Gasteiger partial charge in [-0.15, -0.1) is 0 Å². The van der Waals surface area contributed by atoms with Gasteiger partial charge in [0.2, 0.25) is 0 Å². The van der Waals surface area contributed by atoms with Gasteiger partial charge in [-0.25, -0.2) is 0 Å². The molecule has 1 aliphatic heterocycles. The Morgan fingerprint density at radius 2 is 1.95 bits per heavy atom. The Morgan fingerprint density at radius 3 is 2.62 bits per heavy atom. The van der Waals surface area contributed by atoms with E-state index in [1.807, 2.05) is 6.92 Å². The molecule has 0 radical (unpaired) electrons. The monoisotopic (exact) mass is 290 g/mol. The average Bonchev–Trinajstić information content (AvgIpc) is 3.02. The van der Waals surface area contributed by atoms with Crippen LogP contribution in [0.15, 0.2) is 24.3 Å². The smallest absolute Gasteiger partial charge is 0.305 e. The first kappa shape index (κ1) is 15.8. The minimum absolute atomic E-state index is 0.103. The van der Waals surface area contributed by atoms with Gasteiger partial charge in [-0.1, -0.05) is 12.1 Å². The van der Waals surface area contributed by atoms with Gasteiger partial charge in [0.05, 0.1) is 6.61 Å². The summed E-state index contributed by atoms with van der Waals surface area (Å²) >= 11 is 0. The minimum Gasteiger partial charge on any atom is -0.466 e. The fraction of sp³-hybridized carbons (Fsp3) is 0.588. The summed E-state index contributed by atoms with van der Waals surface area (Å²) < 4.78 is 4.90. The Labute approximate surface area is 127 Å². The molecular weight excluding hydrogens is 264 g/mol. The van der Waals surface area contributed by atoms with E-state index in [0.29, 0.717) is 13.0 Å². The first-order chi connectivity index (χ1) is 10.3. The summed E-state index contributed by atoms with van der Waals surface area (Å²) in [5.41, 5.74) is 2.62. The second-order valence-electron chi connectivity index (χ2n) is 5.45. The Kier molecular flexibility index (Phi) is 6.54. The lowest BCUT2D eigenvalue weighted by molar-refractivity contribution is -0.143. The highest BCUT2D eigenvalue weighted by atomic mass is 16.5. The Hall–Kier alpha value is -1.55. The van der Waals surface area contributed by atoms with E-state index in [0.717, 1.165) is 19.5 Å². The lowest BCUT2D eigenvalue weighted by Crippen LogP contribution is -2.18. The molecule has 1 saturated heterocycles. The van der Waals surface area contributed by atoms with Crippen molar-refractivity contribution >= 4 is 11.7 Å². The molecule has 1 aromatic carbocycles. The zero-order valence-electron chi connectivity index (χ0n) is 12.9. The third-order valence-corrected chi connectivity index (χ3v) is 3.78. The maximum absolute atomic E-state index is 11.2. The maximum Gasteiger partial charge on any atom is 0.305 e. The third kappa shape index (κ3) is 5.38. The van der Waals surface area contributed by atoms with Crippen LogP contribution in [0.25, 0.3) is 0 Å². The fourth-order valence-electron chi connectivity index (χ4n) is 2.62. The predicted molar refractivity (Wildman–Crippen MR) is 85.5 cm³/mol. The van der Waals surface area contributed by atoms with Gasteiger partial charge in [0.25, 0.3) is 0 Å². The molecule has 21 heavy (non-hydrogen) atoms. The summed E-state index contributed by atoms with van der Waals surface area (Å²) in [5.74, 6) is -0.103. The largest absolute Gasteiger partial charge is 0.466 e. The summed E-state index contributed by atoms with van der Waals surface area (Å²) in [6.45, 7) is 6.37. The second kappa shape index (κ2) is 8.67. The molecule has 0 atom stereocenters. The van der Waals surface area contributed by atoms with Crippen molar-refractivity contribution in [2.75, 3.05) is 31.1 Å². The van der Waals surface area contributed by atoms with Crippen LogP contribution < -0.4 is 10.2 Å². The molecule has 0 saturated carbocycles. The molecule has 1 aliphatic rings. The van der Waals surface area contributed by atoms with E-state index in [2.05, 4.69) is 34.5 Å². The number of rotatable bonds is 8. The minimum atomic E-state index is -0.103. The van der Waals surface area contributed by atoms with Crippen LogP contribution in [0.1, 0.15) is 38.2 Å². The summed E-state index contributed by atoms with van der Waals surface area (Å²) in [4.78, 5) is 13.6. The predicted octanol–water partition coefficient (Wildman–Crippen LogP) is 2.72. The average molecular weight is 290 g/mol. The molecule has 4 heteroatoms. The number of anilines is 1. The van der Waals surface area contributed by atoms with Crippen molar-refractivity contribution in [2.24, 2.45) is 0 Å². The molecule has 2 rings (SSSR count). The third-order valence-electron chi connectivity index (χ3n) is 3.78. The molecule has 0 bridgehead atoms.